The van der Waals surface area contributed by atoms with Crippen molar-refractivity contribution in [3.05, 3.63) is 42.1 Å². The highest BCUT2D eigenvalue weighted by Crippen LogP contribution is 2.25. The number of piperazine rings is 1. The van der Waals surface area contributed by atoms with E-state index in [-0.39, 0.29) is 24.7 Å². The Labute approximate surface area is 193 Å². The molecule has 0 aliphatic carbocycles. The number of rotatable bonds is 4. The number of aryl methyl sites for hydroxylation is 1. The molecule has 0 spiro atoms. The Morgan fingerprint density at radius 1 is 1.23 bits per heavy atom. The number of hydrogen-bond donors (Lipinski definition) is 1. The lowest BCUT2D eigenvalue weighted by molar-refractivity contribution is -0.131. The quantitative estimate of drug-likeness (QED) is 0.788. The lowest BCUT2D eigenvalue weighted by Gasteiger charge is -2.38. The number of amides is 1. The van der Waals surface area contributed by atoms with Crippen LogP contribution in [0.2, 0.25) is 0 Å². The molecule has 1 aromatic carbocycles. The molecule has 7 nitrogen and oxygen atoms in total. The maximum absolute atomic E-state index is 12.9. The standard InChI is InChI=1S/C22H30N6OS/c1-17-13-21(28(24-17)18-5-3-2-4-6-18)26-9-7-25(8-10-26)19-14-20(23-15-19)22(29)27-11-12-30-16-27/h2-6,13,19-20,23H,7-12,14-16H2,1H3/t19-,20+/m0/s1/i7D2,8D2,9D2,10D2. The number of anilines is 1. The lowest BCUT2D eigenvalue weighted by atomic mass is 10.1. The van der Waals surface area contributed by atoms with Gasteiger partial charge in [-0.05, 0) is 25.5 Å². The van der Waals surface area contributed by atoms with Crippen LogP contribution in [0.25, 0.3) is 5.69 Å². The Morgan fingerprint density at radius 3 is 2.77 bits per heavy atom. The summed E-state index contributed by atoms with van der Waals surface area (Å²) in [5.74, 6) is 1.11. The van der Waals surface area contributed by atoms with Crippen molar-refractivity contribution >= 4 is 23.5 Å². The van der Waals surface area contributed by atoms with Crippen LogP contribution in [0.1, 0.15) is 23.1 Å². The van der Waals surface area contributed by atoms with Gasteiger partial charge in [0.1, 0.15) is 5.82 Å². The molecule has 5 rings (SSSR count). The molecule has 160 valence electrons. The number of nitrogens with zero attached hydrogens (tertiary/aromatic N) is 5. The number of benzene rings is 1. The Hall–Kier alpha value is -2.03. The summed E-state index contributed by atoms with van der Waals surface area (Å²) in [6.45, 7) is -9.78. The van der Waals surface area contributed by atoms with Crippen molar-refractivity contribution in [1.82, 2.24) is 24.9 Å². The van der Waals surface area contributed by atoms with Gasteiger partial charge in [-0.3, -0.25) is 9.69 Å². The summed E-state index contributed by atoms with van der Waals surface area (Å²) in [6, 6.07) is 8.43. The Morgan fingerprint density at radius 2 is 2.03 bits per heavy atom. The van der Waals surface area contributed by atoms with Crippen molar-refractivity contribution < 1.29 is 15.8 Å². The second kappa shape index (κ2) is 8.61. The first-order valence-corrected chi connectivity index (χ1v) is 11.2. The Kier molecular flexibility index (Phi) is 3.65. The molecule has 3 aliphatic rings. The van der Waals surface area contributed by atoms with E-state index >= 15 is 0 Å². The van der Waals surface area contributed by atoms with Crippen molar-refractivity contribution in [2.75, 3.05) is 55.6 Å². The van der Waals surface area contributed by atoms with Crippen molar-refractivity contribution in [2.45, 2.75) is 25.4 Å². The third kappa shape index (κ3) is 3.96. The van der Waals surface area contributed by atoms with E-state index < -0.39 is 38.1 Å². The van der Waals surface area contributed by atoms with E-state index in [2.05, 4.69) is 10.4 Å². The predicted molar refractivity (Wildman–Crippen MR) is 121 cm³/mol. The summed E-state index contributed by atoms with van der Waals surface area (Å²) < 4.78 is 72.6. The largest absolute Gasteiger partial charge is 0.354 e. The third-order valence-electron chi connectivity index (χ3n) is 5.44. The van der Waals surface area contributed by atoms with Crippen LogP contribution < -0.4 is 10.2 Å². The molecule has 30 heavy (non-hydrogen) atoms. The second-order valence-corrected chi connectivity index (χ2v) is 8.61. The summed E-state index contributed by atoms with van der Waals surface area (Å²) in [7, 11) is 0. The zero-order valence-electron chi connectivity index (χ0n) is 24.7. The number of nitrogens with one attached hydrogen (secondary N) is 1. The summed E-state index contributed by atoms with van der Waals surface area (Å²) in [4.78, 5) is 15.8. The molecule has 0 radical (unpaired) electrons. The molecule has 2 aromatic rings. The Bertz CT molecular complexity index is 1180. The van der Waals surface area contributed by atoms with Crippen molar-refractivity contribution in [3.8, 4) is 5.69 Å². The zero-order valence-corrected chi connectivity index (χ0v) is 17.5. The SMILES string of the molecule is [2H]C1([2H])N(c2cc(C)nn2-c2ccccc2)C([2H])([2H])C([2H])([2H])N([C@@H]2CN[C@@H](C(=O)N3CCSC3)C2)C1([2H])[2H]. The van der Waals surface area contributed by atoms with E-state index in [4.69, 9.17) is 11.0 Å². The van der Waals surface area contributed by atoms with Crippen molar-refractivity contribution in [2.24, 2.45) is 0 Å². The minimum Gasteiger partial charge on any atom is -0.354 e. The minimum absolute atomic E-state index is 0.0175. The molecular formula is C22H30N6OS. The molecule has 0 unspecified atom stereocenters. The fourth-order valence-electron chi connectivity index (χ4n) is 3.88. The summed E-state index contributed by atoms with van der Waals surface area (Å²) in [6.07, 6.45) is 0.0340. The summed E-state index contributed by atoms with van der Waals surface area (Å²) in [5.41, 5.74) is 0.924. The number of hydrogen-bond acceptors (Lipinski definition) is 6. The molecule has 1 N–H and O–H groups in total. The fraction of sp³-hybridized carbons (Fsp3) is 0.545. The van der Waals surface area contributed by atoms with Gasteiger partial charge in [0.25, 0.3) is 0 Å². The van der Waals surface area contributed by atoms with Gasteiger partial charge in [0.2, 0.25) is 5.91 Å². The first-order valence-electron chi connectivity index (χ1n) is 14.0. The van der Waals surface area contributed by atoms with Crippen LogP contribution >= 0.6 is 11.8 Å². The molecule has 1 aromatic heterocycles. The van der Waals surface area contributed by atoms with Gasteiger partial charge >= 0.3 is 0 Å². The monoisotopic (exact) mass is 434 g/mol. The topological polar surface area (TPSA) is 56.6 Å². The van der Waals surface area contributed by atoms with Crippen LogP contribution in [0.4, 0.5) is 5.82 Å². The van der Waals surface area contributed by atoms with Gasteiger partial charge in [-0.1, -0.05) is 18.2 Å². The van der Waals surface area contributed by atoms with E-state index in [1.54, 1.807) is 53.9 Å². The highest BCUT2D eigenvalue weighted by atomic mass is 32.2. The maximum atomic E-state index is 12.9. The molecule has 3 aliphatic heterocycles. The number of carbonyl (C=O) groups is 1. The molecule has 1 amide bonds. The second-order valence-electron chi connectivity index (χ2n) is 7.53. The average molecular weight is 435 g/mol. The van der Waals surface area contributed by atoms with E-state index in [0.29, 0.717) is 33.6 Å². The van der Waals surface area contributed by atoms with Crippen LogP contribution in [-0.4, -0.2) is 88.3 Å². The Balaban J connectivity index is 1.54. The van der Waals surface area contributed by atoms with Gasteiger partial charge in [0.15, 0.2) is 0 Å². The van der Waals surface area contributed by atoms with Gasteiger partial charge in [0.05, 0.1) is 28.8 Å². The van der Waals surface area contributed by atoms with Crippen molar-refractivity contribution in [1.29, 1.82) is 0 Å². The average Bonchev–Trinajstić information content (AvgIpc) is 3.60. The third-order valence-corrected chi connectivity index (χ3v) is 6.41. The van der Waals surface area contributed by atoms with Gasteiger partial charge < -0.3 is 15.1 Å². The first-order chi connectivity index (χ1) is 17.7. The van der Waals surface area contributed by atoms with E-state index in [9.17, 15) is 4.79 Å². The van der Waals surface area contributed by atoms with Gasteiger partial charge in [-0.15, -0.1) is 11.8 Å². The van der Waals surface area contributed by atoms with E-state index in [0.717, 1.165) is 5.75 Å². The highest BCUT2D eigenvalue weighted by molar-refractivity contribution is 7.99. The van der Waals surface area contributed by atoms with E-state index in [1.807, 2.05) is 0 Å². The number of carbonyl (C=O) groups excluding carboxylic acids is 1. The molecule has 8 heteroatoms. The van der Waals surface area contributed by atoms with Crippen LogP contribution in [-0.2, 0) is 4.79 Å². The maximum Gasteiger partial charge on any atom is 0.240 e. The summed E-state index contributed by atoms with van der Waals surface area (Å²) >= 11 is 1.63. The first kappa shape index (κ1) is 12.7. The molecule has 3 saturated heterocycles. The van der Waals surface area contributed by atoms with Gasteiger partial charge in [-0.25, -0.2) is 4.68 Å². The molecule has 0 saturated carbocycles. The molecule has 4 heterocycles. The number of para-hydroxylation sites is 1. The van der Waals surface area contributed by atoms with Crippen LogP contribution in [0, 0.1) is 6.92 Å². The lowest BCUT2D eigenvalue weighted by Crippen LogP contribution is -2.51. The molecule has 3 fully saturated rings. The van der Waals surface area contributed by atoms with Crippen LogP contribution in [0.3, 0.4) is 0 Å². The number of thioether (sulfide) groups is 1. The van der Waals surface area contributed by atoms with Crippen LogP contribution in [0.5, 0.6) is 0 Å². The highest BCUT2D eigenvalue weighted by Gasteiger charge is 2.36. The molecule has 2 atom stereocenters. The normalized spacial score (nSPS) is 35.9. The van der Waals surface area contributed by atoms with E-state index in [1.165, 1.54) is 10.7 Å². The van der Waals surface area contributed by atoms with Crippen LogP contribution in [0.15, 0.2) is 36.4 Å². The summed E-state index contributed by atoms with van der Waals surface area (Å²) in [5, 5.41) is 7.42. The minimum atomic E-state index is -3.03. The molecular weight excluding hydrogens is 396 g/mol. The molecule has 0 bridgehead atoms. The smallest absolute Gasteiger partial charge is 0.240 e. The van der Waals surface area contributed by atoms with Crippen molar-refractivity contribution in [3.63, 3.8) is 0 Å². The predicted octanol–water partition coefficient (Wildman–Crippen LogP) is 1.57. The van der Waals surface area contributed by atoms with Gasteiger partial charge in [0, 0.05) is 62.4 Å². The number of aromatic nitrogens is 2. The van der Waals surface area contributed by atoms with Gasteiger partial charge in [-0.2, -0.15) is 5.10 Å². The zero-order chi connectivity index (χ0) is 27.7. The fourth-order valence-corrected chi connectivity index (χ4v) is 4.83.